The molecule has 2 heterocycles. The molecule has 0 radical (unpaired) electrons. The van der Waals surface area contributed by atoms with E-state index in [0.29, 0.717) is 23.6 Å². The lowest BCUT2D eigenvalue weighted by atomic mass is 10.1. The van der Waals surface area contributed by atoms with Crippen molar-refractivity contribution in [3.05, 3.63) is 61.5 Å². The Hall–Kier alpha value is -2.34. The molecule has 24 heavy (non-hydrogen) atoms. The highest BCUT2D eigenvalue weighted by Crippen LogP contribution is 2.37. The molecular weight excluding hydrogens is 372 g/mol. The molecule has 6 heteroatoms. The number of aryl methyl sites for hydroxylation is 2. The number of fused-ring (bicyclic) bond motifs is 2. The van der Waals surface area contributed by atoms with Gasteiger partial charge in [-0.1, -0.05) is 15.9 Å². The van der Waals surface area contributed by atoms with E-state index in [9.17, 15) is 4.79 Å². The normalized spacial score (nSPS) is 12.8. The first-order valence-corrected chi connectivity index (χ1v) is 8.39. The number of hydrogen-bond acceptors (Lipinski definition) is 4. The summed E-state index contributed by atoms with van der Waals surface area (Å²) in [5, 5.41) is 0. The Bertz CT molecular complexity index is 1030. The van der Waals surface area contributed by atoms with Gasteiger partial charge in [-0.3, -0.25) is 4.79 Å². The fourth-order valence-corrected chi connectivity index (χ4v) is 3.24. The summed E-state index contributed by atoms with van der Waals surface area (Å²) in [5.41, 5.74) is 5.07. The number of rotatable bonds is 2. The molecule has 3 aromatic rings. The Labute approximate surface area is 146 Å². The highest BCUT2D eigenvalue weighted by Gasteiger charge is 2.17. The van der Waals surface area contributed by atoms with E-state index in [4.69, 9.17) is 9.47 Å². The SMILES string of the molecule is Cc1cc2nc(Cc3cc4c(cc3Br)OCO4)c(=O)[nH]c2cc1C. The number of nitrogens with one attached hydrogen (secondary N) is 1. The molecule has 1 N–H and O–H groups in total. The second kappa shape index (κ2) is 5.63. The van der Waals surface area contributed by atoms with Gasteiger partial charge in [0.05, 0.1) is 11.0 Å². The van der Waals surface area contributed by atoms with Gasteiger partial charge < -0.3 is 14.5 Å². The molecule has 4 rings (SSSR count). The van der Waals surface area contributed by atoms with E-state index in [1.807, 2.05) is 38.1 Å². The maximum Gasteiger partial charge on any atom is 0.270 e. The number of benzene rings is 2. The van der Waals surface area contributed by atoms with E-state index in [2.05, 4.69) is 25.9 Å². The minimum absolute atomic E-state index is 0.171. The van der Waals surface area contributed by atoms with Gasteiger partial charge in [-0.05, 0) is 54.8 Å². The molecule has 0 amide bonds. The minimum atomic E-state index is -0.171. The number of H-pyrrole nitrogens is 1. The number of nitrogens with zero attached hydrogens (tertiary/aromatic N) is 1. The summed E-state index contributed by atoms with van der Waals surface area (Å²) in [6.07, 6.45) is 0.412. The van der Waals surface area contributed by atoms with Crippen LogP contribution < -0.4 is 15.0 Å². The van der Waals surface area contributed by atoms with Gasteiger partial charge in [0.1, 0.15) is 5.69 Å². The first-order valence-electron chi connectivity index (χ1n) is 7.59. The molecule has 0 spiro atoms. The third-order valence-electron chi connectivity index (χ3n) is 4.28. The molecule has 5 nitrogen and oxygen atoms in total. The van der Waals surface area contributed by atoms with Crippen molar-refractivity contribution >= 4 is 27.0 Å². The van der Waals surface area contributed by atoms with Gasteiger partial charge in [-0.15, -0.1) is 0 Å². The van der Waals surface area contributed by atoms with Crippen LogP contribution in [-0.2, 0) is 6.42 Å². The Balaban J connectivity index is 1.78. The Kier molecular flexibility index (Phi) is 3.57. The summed E-state index contributed by atoms with van der Waals surface area (Å²) in [7, 11) is 0. The predicted molar refractivity (Wildman–Crippen MR) is 94.9 cm³/mol. The van der Waals surface area contributed by atoms with Crippen molar-refractivity contribution in [2.75, 3.05) is 6.79 Å². The Morgan fingerprint density at radius 2 is 1.83 bits per heavy atom. The zero-order chi connectivity index (χ0) is 16.8. The lowest BCUT2D eigenvalue weighted by molar-refractivity contribution is 0.174. The van der Waals surface area contributed by atoms with E-state index in [1.165, 1.54) is 0 Å². The molecule has 1 aromatic heterocycles. The van der Waals surface area contributed by atoms with E-state index in [0.717, 1.165) is 32.2 Å². The largest absolute Gasteiger partial charge is 0.454 e. The van der Waals surface area contributed by atoms with Gasteiger partial charge in [0.15, 0.2) is 11.5 Å². The van der Waals surface area contributed by atoms with Crippen molar-refractivity contribution in [2.45, 2.75) is 20.3 Å². The zero-order valence-corrected chi connectivity index (χ0v) is 14.9. The van der Waals surface area contributed by atoms with Crippen LogP contribution in [0.5, 0.6) is 11.5 Å². The Morgan fingerprint density at radius 1 is 1.12 bits per heavy atom. The number of ether oxygens (including phenoxy) is 2. The highest BCUT2D eigenvalue weighted by molar-refractivity contribution is 9.10. The van der Waals surface area contributed by atoms with E-state index in [-0.39, 0.29) is 12.4 Å². The molecule has 0 saturated heterocycles. The van der Waals surface area contributed by atoms with Crippen LogP contribution in [0.4, 0.5) is 0 Å². The second-order valence-electron chi connectivity index (χ2n) is 5.94. The molecule has 0 unspecified atom stereocenters. The van der Waals surface area contributed by atoms with Crippen LogP contribution in [0.25, 0.3) is 11.0 Å². The molecule has 2 aromatic carbocycles. The number of aromatic nitrogens is 2. The van der Waals surface area contributed by atoms with Crippen molar-refractivity contribution < 1.29 is 9.47 Å². The number of hydrogen-bond donors (Lipinski definition) is 1. The summed E-state index contributed by atoms with van der Waals surface area (Å²) in [6.45, 7) is 4.28. The smallest absolute Gasteiger partial charge is 0.270 e. The minimum Gasteiger partial charge on any atom is -0.454 e. The topological polar surface area (TPSA) is 64.2 Å². The first kappa shape index (κ1) is 15.2. The summed E-state index contributed by atoms with van der Waals surface area (Å²) >= 11 is 3.53. The third-order valence-corrected chi connectivity index (χ3v) is 5.02. The molecule has 0 fully saturated rings. The van der Waals surface area contributed by atoms with Gasteiger partial charge >= 0.3 is 0 Å². The van der Waals surface area contributed by atoms with E-state index in [1.54, 1.807) is 0 Å². The highest BCUT2D eigenvalue weighted by atomic mass is 79.9. The fraction of sp³-hybridized carbons (Fsp3) is 0.222. The molecule has 122 valence electrons. The van der Waals surface area contributed by atoms with Crippen molar-refractivity contribution in [2.24, 2.45) is 0 Å². The van der Waals surface area contributed by atoms with Crippen LogP contribution >= 0.6 is 15.9 Å². The maximum atomic E-state index is 12.4. The summed E-state index contributed by atoms with van der Waals surface area (Å²) in [5.74, 6) is 1.40. The summed E-state index contributed by atoms with van der Waals surface area (Å²) in [4.78, 5) is 19.9. The molecule has 0 saturated carbocycles. The maximum absolute atomic E-state index is 12.4. The predicted octanol–water partition coefficient (Wildman–Crippen LogP) is 3.62. The molecule has 0 bridgehead atoms. The molecule has 1 aliphatic rings. The van der Waals surface area contributed by atoms with E-state index < -0.39 is 0 Å². The monoisotopic (exact) mass is 386 g/mol. The fourth-order valence-electron chi connectivity index (χ4n) is 2.78. The average molecular weight is 387 g/mol. The van der Waals surface area contributed by atoms with Gasteiger partial charge in [-0.2, -0.15) is 0 Å². The standard InChI is InChI=1S/C18H15BrN2O3/c1-9-3-13-14(4-10(9)2)21-18(22)15(20-13)5-11-6-16-17(7-12(11)19)24-8-23-16/h3-4,6-7H,5,8H2,1-2H3,(H,21,22). The Morgan fingerprint density at radius 3 is 2.62 bits per heavy atom. The van der Waals surface area contributed by atoms with Gasteiger partial charge in [-0.25, -0.2) is 4.98 Å². The van der Waals surface area contributed by atoms with Crippen molar-refractivity contribution in [3.63, 3.8) is 0 Å². The lowest BCUT2D eigenvalue weighted by Crippen LogP contribution is -2.16. The van der Waals surface area contributed by atoms with Crippen LogP contribution in [0.3, 0.4) is 0 Å². The number of halogens is 1. The quantitative estimate of drug-likeness (QED) is 0.730. The lowest BCUT2D eigenvalue weighted by Gasteiger charge is -2.08. The van der Waals surface area contributed by atoms with Gasteiger partial charge in [0, 0.05) is 10.9 Å². The van der Waals surface area contributed by atoms with Crippen molar-refractivity contribution in [3.8, 4) is 11.5 Å². The van der Waals surface area contributed by atoms with Crippen molar-refractivity contribution in [1.29, 1.82) is 0 Å². The van der Waals surface area contributed by atoms with Crippen LogP contribution in [0, 0.1) is 13.8 Å². The zero-order valence-electron chi connectivity index (χ0n) is 13.3. The summed E-state index contributed by atoms with van der Waals surface area (Å²) < 4.78 is 11.6. The number of aromatic amines is 1. The van der Waals surface area contributed by atoms with Crippen LogP contribution in [0.1, 0.15) is 22.4 Å². The van der Waals surface area contributed by atoms with Crippen LogP contribution in [0.15, 0.2) is 33.5 Å². The molecule has 0 aliphatic carbocycles. The van der Waals surface area contributed by atoms with Crippen molar-refractivity contribution in [1.82, 2.24) is 9.97 Å². The molecule has 0 atom stereocenters. The van der Waals surface area contributed by atoms with Crippen LogP contribution in [0.2, 0.25) is 0 Å². The van der Waals surface area contributed by atoms with Crippen LogP contribution in [-0.4, -0.2) is 16.8 Å². The second-order valence-corrected chi connectivity index (χ2v) is 6.79. The third kappa shape index (κ3) is 2.57. The van der Waals surface area contributed by atoms with E-state index >= 15 is 0 Å². The molecule has 1 aliphatic heterocycles. The molecular formula is C18H15BrN2O3. The average Bonchev–Trinajstić information content (AvgIpc) is 2.97. The van der Waals surface area contributed by atoms with Gasteiger partial charge in [0.2, 0.25) is 6.79 Å². The first-order chi connectivity index (χ1) is 11.5. The summed E-state index contributed by atoms with van der Waals surface area (Å²) in [6, 6.07) is 7.71. The van der Waals surface area contributed by atoms with Gasteiger partial charge in [0.25, 0.3) is 5.56 Å².